The number of rotatable bonds is 3. The zero-order valence-corrected chi connectivity index (χ0v) is 8.01. The van der Waals surface area contributed by atoms with E-state index in [2.05, 4.69) is 40.4 Å². The molecule has 60 valence electrons. The molecule has 1 rings (SSSR count). The van der Waals surface area contributed by atoms with Crippen LogP contribution in [0.1, 0.15) is 13.3 Å². The summed E-state index contributed by atoms with van der Waals surface area (Å²) in [7, 11) is 2.53. The van der Waals surface area contributed by atoms with E-state index in [-0.39, 0.29) is 0 Å². The van der Waals surface area contributed by atoms with E-state index in [4.69, 9.17) is 0 Å². The molecule has 0 saturated heterocycles. The molecule has 1 aliphatic carbocycles. The minimum atomic E-state index is 0.666. The Labute approximate surface area is 70.5 Å². The third kappa shape index (κ3) is 2.22. The van der Waals surface area contributed by atoms with Crippen molar-refractivity contribution in [2.24, 2.45) is 11.8 Å². The summed E-state index contributed by atoms with van der Waals surface area (Å²) >= 11 is 0. The van der Waals surface area contributed by atoms with E-state index in [0.717, 1.165) is 17.1 Å². The fourth-order valence-corrected chi connectivity index (χ4v) is 1.30. The van der Waals surface area contributed by atoms with Crippen LogP contribution in [0.3, 0.4) is 0 Å². The van der Waals surface area contributed by atoms with E-state index in [9.17, 15) is 0 Å². The molecule has 0 radical (unpaired) electrons. The third-order valence-corrected chi connectivity index (χ3v) is 2.39. The largest absolute Gasteiger partial charge is 0.353 e. The van der Waals surface area contributed by atoms with Gasteiger partial charge in [-0.3, -0.25) is 0 Å². The molecule has 1 N–H and O–H groups in total. The molecule has 1 fully saturated rings. The third-order valence-electron chi connectivity index (χ3n) is 2.04. The second-order valence-corrected chi connectivity index (χ2v) is 3.64. The van der Waals surface area contributed by atoms with Crippen molar-refractivity contribution < 1.29 is 0 Å². The van der Waals surface area contributed by atoms with Gasteiger partial charge in [0.15, 0.2) is 0 Å². The molecule has 3 atom stereocenters. The highest BCUT2D eigenvalue weighted by molar-refractivity contribution is 7.22. The molecule has 0 aromatic rings. The molecule has 0 spiro atoms. The minimum Gasteiger partial charge on any atom is -0.353 e. The summed E-state index contributed by atoms with van der Waals surface area (Å²) in [5, 5.41) is 3.13. The van der Waals surface area contributed by atoms with E-state index >= 15 is 0 Å². The first-order valence-electron chi connectivity index (χ1n) is 3.76. The van der Waals surface area contributed by atoms with Crippen molar-refractivity contribution in [3.05, 3.63) is 30.0 Å². The second kappa shape index (κ2) is 3.26. The van der Waals surface area contributed by atoms with Crippen molar-refractivity contribution >= 4 is 9.24 Å². The molecule has 3 unspecified atom stereocenters. The second-order valence-electron chi connectivity index (χ2n) is 3.06. The van der Waals surface area contributed by atoms with Gasteiger partial charge < -0.3 is 5.32 Å². The van der Waals surface area contributed by atoms with Crippen LogP contribution in [0.15, 0.2) is 30.0 Å². The van der Waals surface area contributed by atoms with Gasteiger partial charge in [0.1, 0.15) is 0 Å². The van der Waals surface area contributed by atoms with Crippen molar-refractivity contribution in [3.63, 3.8) is 0 Å². The van der Waals surface area contributed by atoms with Crippen LogP contribution in [0.25, 0.3) is 0 Å². The van der Waals surface area contributed by atoms with Gasteiger partial charge in [-0.05, 0) is 12.3 Å². The van der Waals surface area contributed by atoms with E-state index in [1.807, 2.05) is 0 Å². The molecular formula is C9H14NP. The van der Waals surface area contributed by atoms with Gasteiger partial charge in [-0.1, -0.05) is 29.3 Å². The fourth-order valence-electron chi connectivity index (χ4n) is 1.12. The monoisotopic (exact) mass is 167 g/mol. The van der Waals surface area contributed by atoms with E-state index in [0.29, 0.717) is 5.92 Å². The highest BCUT2D eigenvalue weighted by Crippen LogP contribution is 2.42. The van der Waals surface area contributed by atoms with Crippen LogP contribution in [-0.2, 0) is 0 Å². The molecule has 11 heavy (non-hydrogen) atoms. The van der Waals surface area contributed by atoms with Crippen molar-refractivity contribution in [2.75, 3.05) is 0 Å². The smallest absolute Gasteiger partial charge is 0.0743 e. The van der Waals surface area contributed by atoms with Gasteiger partial charge in [-0.25, -0.2) is 0 Å². The summed E-state index contributed by atoms with van der Waals surface area (Å²) in [4.78, 5) is 0. The first kappa shape index (κ1) is 8.59. The van der Waals surface area contributed by atoms with Gasteiger partial charge in [0, 0.05) is 11.6 Å². The van der Waals surface area contributed by atoms with Crippen molar-refractivity contribution in [1.82, 2.24) is 5.32 Å². The molecule has 0 aromatic heterocycles. The highest BCUT2D eigenvalue weighted by Gasteiger charge is 2.34. The lowest BCUT2D eigenvalue weighted by atomic mass is 10.3. The zero-order chi connectivity index (χ0) is 8.43. The summed E-state index contributed by atoms with van der Waals surface area (Å²) in [6.07, 6.45) is 1.26. The Morgan fingerprint density at radius 2 is 2.27 bits per heavy atom. The number of hydrogen-bond acceptors (Lipinski definition) is 1. The molecule has 1 saturated carbocycles. The normalized spacial score (nSPS) is 27.1. The van der Waals surface area contributed by atoms with Crippen LogP contribution in [0, 0.1) is 11.8 Å². The van der Waals surface area contributed by atoms with Crippen LogP contribution in [0.5, 0.6) is 0 Å². The first-order valence-corrected chi connectivity index (χ1v) is 4.34. The fraction of sp³-hybridized carbons (Fsp3) is 0.444. The maximum absolute atomic E-state index is 3.94. The standard InChI is InChI=1S/C9H14NP/c1-4-9(11)10-7(3)8-5-6(8)2/h6,8,10H,1,3,5,11H2,2H3. The molecule has 0 bridgehead atoms. The van der Waals surface area contributed by atoms with Gasteiger partial charge in [0.25, 0.3) is 0 Å². The Bertz CT molecular complexity index is 226. The Balaban J connectivity index is 2.39. The number of hydrogen-bond donors (Lipinski definition) is 1. The lowest BCUT2D eigenvalue weighted by molar-refractivity contribution is 0.800. The maximum atomic E-state index is 3.94. The van der Waals surface area contributed by atoms with Crippen molar-refractivity contribution in [1.29, 1.82) is 0 Å². The van der Waals surface area contributed by atoms with E-state index < -0.39 is 0 Å². The Morgan fingerprint density at radius 3 is 2.64 bits per heavy atom. The summed E-state index contributed by atoms with van der Waals surface area (Å²) in [5.41, 5.74) is 4.73. The molecule has 1 aliphatic rings. The summed E-state index contributed by atoms with van der Waals surface area (Å²) in [6.45, 7) is 9.70. The van der Waals surface area contributed by atoms with E-state index in [1.54, 1.807) is 0 Å². The van der Waals surface area contributed by atoms with Crippen LogP contribution in [0.2, 0.25) is 0 Å². The summed E-state index contributed by atoms with van der Waals surface area (Å²) in [5.74, 6) is 1.47. The number of allylic oxidation sites excluding steroid dienone is 1. The quantitative estimate of drug-likeness (QED) is 0.502. The maximum Gasteiger partial charge on any atom is 0.0743 e. The predicted octanol–water partition coefficient (Wildman–Crippen LogP) is 2.25. The molecule has 2 heteroatoms. The molecule has 1 nitrogen and oxygen atoms in total. The zero-order valence-electron chi connectivity index (χ0n) is 6.85. The number of nitrogens with one attached hydrogen (secondary N) is 1. The Hall–Kier alpha value is -0.510. The molecular weight excluding hydrogens is 153 g/mol. The Morgan fingerprint density at radius 1 is 1.73 bits per heavy atom. The lowest BCUT2D eigenvalue weighted by Crippen LogP contribution is -2.09. The highest BCUT2D eigenvalue weighted by atomic mass is 31.0. The average Bonchev–Trinajstić information content (AvgIpc) is 2.66. The summed E-state index contributed by atoms with van der Waals surface area (Å²) < 4.78 is 0. The molecule has 0 aromatic carbocycles. The molecule has 0 aliphatic heterocycles. The van der Waals surface area contributed by atoms with Gasteiger partial charge in [-0.2, -0.15) is 0 Å². The SMILES string of the molecule is C=C=C(P)NC(=C)C1CC1C. The van der Waals surface area contributed by atoms with Crippen LogP contribution in [0.4, 0.5) is 0 Å². The predicted molar refractivity (Wildman–Crippen MR) is 51.9 cm³/mol. The van der Waals surface area contributed by atoms with Crippen LogP contribution in [-0.4, -0.2) is 0 Å². The average molecular weight is 167 g/mol. The van der Waals surface area contributed by atoms with Crippen LogP contribution >= 0.6 is 9.24 Å². The van der Waals surface area contributed by atoms with Gasteiger partial charge >= 0.3 is 0 Å². The summed E-state index contributed by atoms with van der Waals surface area (Å²) in [6, 6.07) is 0. The van der Waals surface area contributed by atoms with Crippen molar-refractivity contribution in [2.45, 2.75) is 13.3 Å². The lowest BCUT2D eigenvalue weighted by Gasteiger charge is -2.05. The first-order chi connectivity index (χ1) is 5.15. The van der Waals surface area contributed by atoms with Gasteiger partial charge in [-0.15, -0.1) is 5.73 Å². The molecule has 0 amide bonds. The Kier molecular flexibility index (Phi) is 2.54. The van der Waals surface area contributed by atoms with E-state index in [1.165, 1.54) is 6.42 Å². The van der Waals surface area contributed by atoms with Crippen LogP contribution < -0.4 is 5.32 Å². The molecule has 0 heterocycles. The van der Waals surface area contributed by atoms with Gasteiger partial charge in [0.2, 0.25) is 0 Å². The van der Waals surface area contributed by atoms with Crippen molar-refractivity contribution in [3.8, 4) is 0 Å². The minimum absolute atomic E-state index is 0.666. The topological polar surface area (TPSA) is 12.0 Å². The van der Waals surface area contributed by atoms with Gasteiger partial charge in [0.05, 0.1) is 5.44 Å².